The molecule has 29 heavy (non-hydrogen) atoms. The Balaban J connectivity index is 1.51. The second-order valence-corrected chi connectivity index (χ2v) is 7.94. The molecule has 0 saturated carbocycles. The minimum Gasteiger partial charge on any atom is -0.367 e. The zero-order chi connectivity index (χ0) is 20.2. The Hall–Kier alpha value is -2.57. The Kier molecular flexibility index (Phi) is 6.02. The molecule has 6 nitrogen and oxygen atoms in total. The molecule has 4 rings (SSSR count). The van der Waals surface area contributed by atoms with E-state index in [0.717, 1.165) is 47.2 Å². The summed E-state index contributed by atoms with van der Waals surface area (Å²) in [6, 6.07) is 5.61. The molecule has 2 aromatic rings. The molecule has 150 valence electrons. The number of carbonyl (C=O) groups is 1. The van der Waals surface area contributed by atoms with Gasteiger partial charge in [-0.1, -0.05) is 23.8 Å². The van der Waals surface area contributed by atoms with Crippen molar-refractivity contribution in [2.24, 2.45) is 0 Å². The minimum absolute atomic E-state index is 0.0432. The number of amides is 1. The smallest absolute Gasteiger partial charge is 0.253 e. The van der Waals surface area contributed by atoms with Crippen LogP contribution < -0.4 is 15.5 Å². The number of carbonyl (C=O) groups excluding carboxylic acids is 1. The van der Waals surface area contributed by atoms with E-state index in [4.69, 9.17) is 23.2 Å². The number of pyridine rings is 2. The van der Waals surface area contributed by atoms with Crippen LogP contribution in [-0.2, 0) is 6.54 Å². The maximum absolute atomic E-state index is 12.6. The molecule has 2 aliphatic rings. The van der Waals surface area contributed by atoms with Crippen LogP contribution in [0, 0.1) is 0 Å². The second-order valence-electron chi connectivity index (χ2n) is 6.97. The van der Waals surface area contributed by atoms with Crippen molar-refractivity contribution in [3.05, 3.63) is 70.7 Å². The number of halogens is 2. The quantitative estimate of drug-likeness (QED) is 0.708. The van der Waals surface area contributed by atoms with Gasteiger partial charge in [-0.25, -0.2) is 4.98 Å². The molecular formula is C21H21Cl2N5O. The van der Waals surface area contributed by atoms with Crippen LogP contribution >= 0.6 is 23.2 Å². The maximum Gasteiger partial charge on any atom is 0.253 e. The van der Waals surface area contributed by atoms with Gasteiger partial charge in [0.15, 0.2) is 0 Å². The molecule has 2 N–H and O–H groups in total. The molecule has 1 aliphatic carbocycles. The van der Waals surface area contributed by atoms with Crippen molar-refractivity contribution in [2.75, 3.05) is 29.9 Å². The number of aromatic nitrogens is 2. The fourth-order valence-electron chi connectivity index (χ4n) is 3.38. The number of nitrogens with one attached hydrogen (secondary N) is 2. The molecule has 0 aromatic carbocycles. The average Bonchev–Trinajstić information content (AvgIpc) is 2.75. The fraction of sp³-hybridized carbons (Fsp3) is 0.286. The number of allylic oxidation sites excluding steroid dienone is 2. The van der Waals surface area contributed by atoms with Gasteiger partial charge in [0, 0.05) is 49.8 Å². The Labute approximate surface area is 179 Å². The molecule has 2 aromatic heterocycles. The summed E-state index contributed by atoms with van der Waals surface area (Å²) in [5, 5.41) is 6.91. The molecule has 1 aliphatic heterocycles. The third-order valence-corrected chi connectivity index (χ3v) is 5.62. The summed E-state index contributed by atoms with van der Waals surface area (Å²) in [4.78, 5) is 23.2. The predicted octanol–water partition coefficient (Wildman–Crippen LogP) is 3.70. The van der Waals surface area contributed by atoms with Crippen LogP contribution in [0.5, 0.6) is 0 Å². The van der Waals surface area contributed by atoms with E-state index in [0.29, 0.717) is 18.7 Å². The number of nitrogens with zero attached hydrogens (tertiary/aromatic N) is 3. The molecular weight excluding hydrogens is 409 g/mol. The zero-order valence-electron chi connectivity index (χ0n) is 15.7. The first-order chi connectivity index (χ1) is 14.1. The molecule has 1 atom stereocenters. The number of alkyl halides is 1. The molecule has 1 amide bonds. The highest BCUT2D eigenvalue weighted by Gasteiger charge is 2.23. The average molecular weight is 430 g/mol. The number of hydrogen-bond acceptors (Lipinski definition) is 5. The zero-order valence-corrected chi connectivity index (χ0v) is 17.2. The Morgan fingerprint density at radius 2 is 2.17 bits per heavy atom. The normalized spacial score (nSPS) is 18.3. The standard InChI is InChI=1S/C21H21Cl2N5O/c22-17-1-2-18(23)16(9-17)13-28-8-7-25-20-19(28)10-15(12-26-20)21(29)27-11-14-3-5-24-6-4-14/h2-6,9-10,12,17H,1,7-8,11,13H2,(H,25,26)(H,27,29). The first-order valence-electron chi connectivity index (χ1n) is 9.47. The van der Waals surface area contributed by atoms with E-state index in [1.807, 2.05) is 30.4 Å². The second kappa shape index (κ2) is 8.84. The van der Waals surface area contributed by atoms with Crippen molar-refractivity contribution < 1.29 is 4.79 Å². The lowest BCUT2D eigenvalue weighted by Crippen LogP contribution is -2.36. The highest BCUT2D eigenvalue weighted by atomic mass is 35.5. The number of rotatable bonds is 5. The summed E-state index contributed by atoms with van der Waals surface area (Å²) >= 11 is 12.7. The highest BCUT2D eigenvalue weighted by Crippen LogP contribution is 2.32. The van der Waals surface area contributed by atoms with Crippen LogP contribution in [0.2, 0.25) is 0 Å². The lowest BCUT2D eigenvalue weighted by molar-refractivity contribution is 0.0950. The highest BCUT2D eigenvalue weighted by molar-refractivity contribution is 6.32. The first kappa shape index (κ1) is 19.7. The summed E-state index contributed by atoms with van der Waals surface area (Å²) in [5.74, 6) is 0.596. The topological polar surface area (TPSA) is 70.2 Å². The van der Waals surface area contributed by atoms with Crippen LogP contribution in [0.25, 0.3) is 0 Å². The molecule has 8 heteroatoms. The van der Waals surface area contributed by atoms with E-state index in [-0.39, 0.29) is 11.3 Å². The van der Waals surface area contributed by atoms with E-state index in [1.165, 1.54) is 0 Å². The van der Waals surface area contributed by atoms with Gasteiger partial charge in [0.05, 0.1) is 16.6 Å². The summed E-state index contributed by atoms with van der Waals surface area (Å²) in [6.45, 7) is 2.61. The molecule has 0 saturated heterocycles. The van der Waals surface area contributed by atoms with Gasteiger partial charge in [0.1, 0.15) is 5.82 Å². The monoisotopic (exact) mass is 429 g/mol. The Bertz CT molecular complexity index is 961. The van der Waals surface area contributed by atoms with Crippen molar-refractivity contribution in [2.45, 2.75) is 18.3 Å². The van der Waals surface area contributed by atoms with E-state index in [1.54, 1.807) is 18.6 Å². The van der Waals surface area contributed by atoms with Gasteiger partial charge >= 0.3 is 0 Å². The number of fused-ring (bicyclic) bond motifs is 1. The summed E-state index contributed by atoms with van der Waals surface area (Å²) in [6.07, 6.45) is 9.71. The van der Waals surface area contributed by atoms with Crippen LogP contribution in [0.15, 0.2) is 59.5 Å². The molecule has 0 spiro atoms. The van der Waals surface area contributed by atoms with Gasteiger partial charge in [0.25, 0.3) is 5.91 Å². The Morgan fingerprint density at radius 1 is 1.34 bits per heavy atom. The lowest BCUT2D eigenvalue weighted by atomic mass is 10.1. The summed E-state index contributed by atoms with van der Waals surface area (Å²) in [7, 11) is 0. The number of hydrogen-bond donors (Lipinski definition) is 2. The molecule has 0 fully saturated rings. The molecule has 1 unspecified atom stereocenters. The van der Waals surface area contributed by atoms with Gasteiger partial charge in [-0.15, -0.1) is 11.6 Å². The summed E-state index contributed by atoms with van der Waals surface area (Å²) in [5.41, 5.74) is 3.39. The van der Waals surface area contributed by atoms with Crippen LogP contribution in [0.1, 0.15) is 22.3 Å². The van der Waals surface area contributed by atoms with Crippen molar-refractivity contribution in [1.29, 1.82) is 0 Å². The van der Waals surface area contributed by atoms with Gasteiger partial charge in [-0.3, -0.25) is 9.78 Å². The van der Waals surface area contributed by atoms with Gasteiger partial charge in [-0.2, -0.15) is 0 Å². The van der Waals surface area contributed by atoms with Gasteiger partial charge < -0.3 is 15.5 Å². The minimum atomic E-state index is -0.168. The van der Waals surface area contributed by atoms with Gasteiger partial charge in [-0.05, 0) is 35.8 Å². The van der Waals surface area contributed by atoms with Crippen molar-refractivity contribution in [3.8, 4) is 0 Å². The SMILES string of the molecule is O=C(NCc1ccncc1)c1cnc2c(c1)N(CC1=CC(Cl)CC=C1Cl)CCN2. The third kappa shape index (κ3) is 4.71. The Morgan fingerprint density at radius 3 is 3.00 bits per heavy atom. The van der Waals surface area contributed by atoms with E-state index < -0.39 is 0 Å². The first-order valence-corrected chi connectivity index (χ1v) is 10.3. The third-order valence-electron chi connectivity index (χ3n) is 4.92. The van der Waals surface area contributed by atoms with Gasteiger partial charge in [0.2, 0.25) is 0 Å². The van der Waals surface area contributed by atoms with E-state index >= 15 is 0 Å². The maximum atomic E-state index is 12.6. The molecule has 0 bridgehead atoms. The van der Waals surface area contributed by atoms with E-state index in [9.17, 15) is 4.79 Å². The lowest BCUT2D eigenvalue weighted by Gasteiger charge is -2.33. The fourth-order valence-corrected chi connectivity index (χ4v) is 3.83. The van der Waals surface area contributed by atoms with Crippen LogP contribution in [0.3, 0.4) is 0 Å². The van der Waals surface area contributed by atoms with Crippen LogP contribution in [0.4, 0.5) is 11.5 Å². The van der Waals surface area contributed by atoms with Crippen molar-refractivity contribution in [1.82, 2.24) is 15.3 Å². The molecule has 3 heterocycles. The predicted molar refractivity (Wildman–Crippen MR) is 117 cm³/mol. The van der Waals surface area contributed by atoms with E-state index in [2.05, 4.69) is 25.5 Å². The summed E-state index contributed by atoms with van der Waals surface area (Å²) < 4.78 is 0. The van der Waals surface area contributed by atoms with Crippen molar-refractivity contribution >= 4 is 40.6 Å². The largest absolute Gasteiger partial charge is 0.367 e. The molecule has 0 radical (unpaired) electrons. The van der Waals surface area contributed by atoms with Crippen molar-refractivity contribution in [3.63, 3.8) is 0 Å². The number of anilines is 2. The van der Waals surface area contributed by atoms with Crippen LogP contribution in [-0.4, -0.2) is 40.9 Å².